The molecule has 1 N–H and O–H groups in total. The number of hydrogen-bond donors (Lipinski definition) is 1. The molecule has 2 saturated carbocycles. The van der Waals surface area contributed by atoms with Gasteiger partial charge in [0, 0.05) is 49.8 Å². The smallest absolute Gasteiger partial charge is 0.296 e. The summed E-state index contributed by atoms with van der Waals surface area (Å²) in [5.41, 5.74) is -1.01. The second-order valence-corrected chi connectivity index (χ2v) is 11.5. The third kappa shape index (κ3) is 3.30. The number of benzene rings is 1. The number of aromatic nitrogens is 1. The Morgan fingerprint density at radius 1 is 1.05 bits per heavy atom. The van der Waals surface area contributed by atoms with Crippen molar-refractivity contribution < 1.29 is 28.7 Å². The van der Waals surface area contributed by atoms with Crippen LogP contribution in [-0.4, -0.2) is 67.6 Å². The number of fused-ring (bicyclic) bond motifs is 6. The average Bonchev–Trinajstić information content (AvgIpc) is 3.45. The van der Waals surface area contributed by atoms with Crippen LogP contribution in [0.1, 0.15) is 51.2 Å². The zero-order valence-electron chi connectivity index (χ0n) is 21.2. The number of aromatic hydroxyl groups is 1. The van der Waals surface area contributed by atoms with E-state index in [9.17, 15) is 33.5 Å². The Balaban J connectivity index is 1.28. The number of amides is 4. The fourth-order valence-corrected chi connectivity index (χ4v) is 7.40. The number of imide groups is 1. The highest BCUT2D eigenvalue weighted by molar-refractivity contribution is 6.30. The third-order valence-corrected chi connectivity index (χ3v) is 9.38. The van der Waals surface area contributed by atoms with E-state index in [2.05, 4.69) is 0 Å². The quantitative estimate of drug-likeness (QED) is 0.553. The van der Waals surface area contributed by atoms with Crippen molar-refractivity contribution in [3.63, 3.8) is 0 Å². The third-order valence-electron chi connectivity index (χ3n) is 9.09. The van der Waals surface area contributed by atoms with E-state index >= 15 is 0 Å². The molecule has 2 fully saturated rings. The van der Waals surface area contributed by atoms with E-state index in [1.807, 2.05) is 0 Å². The molecule has 12 heteroatoms. The highest BCUT2D eigenvalue weighted by Gasteiger charge is 2.67. The van der Waals surface area contributed by atoms with Crippen LogP contribution in [-0.2, 0) is 28.2 Å². The molecule has 0 saturated heterocycles. The number of halogens is 2. The van der Waals surface area contributed by atoms with E-state index in [4.69, 9.17) is 11.6 Å². The Morgan fingerprint density at radius 2 is 1.80 bits per heavy atom. The van der Waals surface area contributed by atoms with Crippen LogP contribution in [0.3, 0.4) is 0 Å². The molecule has 0 bridgehead atoms. The molecule has 40 heavy (non-hydrogen) atoms. The molecule has 0 unspecified atom stereocenters. The Labute approximate surface area is 232 Å². The van der Waals surface area contributed by atoms with Crippen LogP contribution in [0, 0.1) is 17.7 Å². The van der Waals surface area contributed by atoms with Crippen molar-refractivity contribution in [2.24, 2.45) is 11.8 Å². The molecule has 2 aliphatic carbocycles. The molecule has 0 radical (unpaired) electrons. The maximum absolute atomic E-state index is 14.1. The fourth-order valence-electron chi connectivity index (χ4n) is 7.19. The van der Waals surface area contributed by atoms with Gasteiger partial charge in [-0.05, 0) is 49.3 Å². The van der Waals surface area contributed by atoms with Gasteiger partial charge in [0.25, 0.3) is 29.2 Å². The normalized spacial score (nSPS) is 26.3. The van der Waals surface area contributed by atoms with Gasteiger partial charge in [-0.25, -0.2) is 4.39 Å². The number of carbonyl (C=O) groups excluding carboxylic acids is 4. The summed E-state index contributed by atoms with van der Waals surface area (Å²) in [6.07, 6.45) is 4.71. The maximum atomic E-state index is 14.1. The molecule has 3 atom stereocenters. The van der Waals surface area contributed by atoms with Gasteiger partial charge >= 0.3 is 0 Å². The molecule has 1 spiro atoms. The first kappa shape index (κ1) is 25.0. The van der Waals surface area contributed by atoms with Crippen molar-refractivity contribution >= 4 is 35.2 Å². The predicted octanol–water partition coefficient (Wildman–Crippen LogP) is 2.01. The van der Waals surface area contributed by atoms with Crippen molar-refractivity contribution in [2.75, 3.05) is 19.6 Å². The molecule has 2 aromatic rings. The van der Waals surface area contributed by atoms with Gasteiger partial charge in [-0.2, -0.15) is 0 Å². The number of carbonyl (C=O) groups is 4. The lowest BCUT2D eigenvalue weighted by Crippen LogP contribution is -2.53. The van der Waals surface area contributed by atoms with Gasteiger partial charge in [-0.3, -0.25) is 33.4 Å². The van der Waals surface area contributed by atoms with Gasteiger partial charge in [0.1, 0.15) is 17.2 Å². The zero-order valence-corrected chi connectivity index (χ0v) is 22.0. The fraction of sp³-hybridized carbons (Fsp3) is 0.393. The van der Waals surface area contributed by atoms with E-state index in [1.165, 1.54) is 39.8 Å². The van der Waals surface area contributed by atoms with Crippen molar-refractivity contribution in [1.29, 1.82) is 0 Å². The minimum Gasteiger partial charge on any atom is -0.502 e. The maximum Gasteiger partial charge on any atom is 0.296 e. The van der Waals surface area contributed by atoms with Crippen molar-refractivity contribution in [1.82, 2.24) is 19.3 Å². The first-order valence-electron chi connectivity index (χ1n) is 13.2. The predicted molar refractivity (Wildman–Crippen MR) is 138 cm³/mol. The Hall–Kier alpha value is -3.99. The highest BCUT2D eigenvalue weighted by Crippen LogP contribution is 2.64. The average molecular weight is 567 g/mol. The molecular weight excluding hydrogens is 543 g/mol. The number of hydrogen-bond acceptors (Lipinski definition) is 6. The number of rotatable bonds is 5. The number of nitrogens with zero attached hydrogens (tertiary/aromatic N) is 4. The summed E-state index contributed by atoms with van der Waals surface area (Å²) < 4.78 is 15.0. The van der Waals surface area contributed by atoms with Crippen LogP contribution in [0.2, 0.25) is 5.02 Å². The van der Waals surface area contributed by atoms with Crippen molar-refractivity contribution in [3.8, 4) is 5.75 Å². The molecule has 1 aromatic heterocycles. The highest BCUT2D eigenvalue weighted by atomic mass is 35.5. The van der Waals surface area contributed by atoms with Gasteiger partial charge in [0.15, 0.2) is 5.75 Å². The van der Waals surface area contributed by atoms with Crippen LogP contribution in [0.5, 0.6) is 5.75 Å². The Morgan fingerprint density at radius 3 is 2.45 bits per heavy atom. The minimum absolute atomic E-state index is 0.00923. The lowest BCUT2D eigenvalue weighted by molar-refractivity contribution is -0.137. The van der Waals surface area contributed by atoms with Crippen LogP contribution >= 0.6 is 11.6 Å². The van der Waals surface area contributed by atoms with Crippen molar-refractivity contribution in [3.05, 3.63) is 73.9 Å². The topological polar surface area (TPSA) is 120 Å². The molecule has 206 valence electrons. The van der Waals surface area contributed by atoms with E-state index in [-0.39, 0.29) is 54.8 Å². The van der Waals surface area contributed by atoms with Gasteiger partial charge in [0.2, 0.25) is 0 Å². The molecule has 3 aliphatic heterocycles. The summed E-state index contributed by atoms with van der Waals surface area (Å²) in [4.78, 5) is 69.8. The minimum atomic E-state index is -1.01. The lowest BCUT2D eigenvalue weighted by Gasteiger charge is -2.38. The summed E-state index contributed by atoms with van der Waals surface area (Å²) in [7, 11) is 0. The SMILES string of the molecule is O=C1c2c(c3n(c(=O)c2O)[C@]2(CC[C@@H]4C[C@@H]42)N(CCN2C(=O)C=CC2=O)C3=O)CCN1Cc1ccc(F)c(Cl)c1. The number of pyridine rings is 1. The van der Waals surface area contributed by atoms with Gasteiger partial charge in [-0.1, -0.05) is 17.7 Å². The Kier molecular flexibility index (Phi) is 5.32. The van der Waals surface area contributed by atoms with Crippen molar-refractivity contribution in [2.45, 2.75) is 37.9 Å². The van der Waals surface area contributed by atoms with E-state index in [0.29, 0.717) is 23.5 Å². The molecule has 4 heterocycles. The van der Waals surface area contributed by atoms with Gasteiger partial charge in [0.05, 0.1) is 10.6 Å². The summed E-state index contributed by atoms with van der Waals surface area (Å²) in [5.74, 6) is -2.90. The summed E-state index contributed by atoms with van der Waals surface area (Å²) in [6, 6.07) is 4.12. The van der Waals surface area contributed by atoms with Crippen LogP contribution < -0.4 is 5.56 Å². The largest absolute Gasteiger partial charge is 0.502 e. The molecule has 4 amide bonds. The standard InChI is InChI=1S/C28H24ClFN4O6/c29-18-11-14(1-2-19(18)30)13-31-8-6-16-22(25(31)38)24(37)27(40)34-23(16)26(39)33(28(34)7-5-15-12-17(15)28)10-9-32-20(35)3-4-21(32)36/h1-4,11,15,17,37H,5-10,12-13H2/t15-,17+,28+/m1/s1. The van der Waals surface area contributed by atoms with E-state index < -0.39 is 46.4 Å². The second-order valence-electron chi connectivity index (χ2n) is 11.1. The monoisotopic (exact) mass is 566 g/mol. The summed E-state index contributed by atoms with van der Waals surface area (Å²) in [6.45, 7) is 0.290. The summed E-state index contributed by atoms with van der Waals surface area (Å²) >= 11 is 5.90. The summed E-state index contributed by atoms with van der Waals surface area (Å²) in [5, 5.41) is 11.1. The zero-order chi connectivity index (χ0) is 28.1. The van der Waals surface area contributed by atoms with Crippen LogP contribution in [0.25, 0.3) is 0 Å². The van der Waals surface area contributed by atoms with E-state index in [0.717, 1.165) is 17.7 Å². The second kappa shape index (κ2) is 8.50. The van der Waals surface area contributed by atoms with E-state index in [1.54, 1.807) is 4.90 Å². The first-order chi connectivity index (χ1) is 19.1. The van der Waals surface area contributed by atoms with Crippen LogP contribution in [0.15, 0.2) is 35.1 Å². The molecular formula is C28H24ClFN4O6. The lowest BCUT2D eigenvalue weighted by atomic mass is 9.95. The molecule has 10 nitrogen and oxygen atoms in total. The molecule has 1 aromatic carbocycles. The molecule has 7 rings (SSSR count). The first-order valence-corrected chi connectivity index (χ1v) is 13.6. The molecule has 5 aliphatic rings. The van der Waals surface area contributed by atoms with Gasteiger partial charge < -0.3 is 14.9 Å². The van der Waals surface area contributed by atoms with Crippen LogP contribution in [0.4, 0.5) is 4.39 Å². The van der Waals surface area contributed by atoms with Gasteiger partial charge in [-0.15, -0.1) is 0 Å². The Bertz CT molecular complexity index is 1630.